The van der Waals surface area contributed by atoms with E-state index in [1.165, 1.54) is 44.2 Å². The Balaban J connectivity index is 1.95. The van der Waals surface area contributed by atoms with Crippen LogP contribution in [0.5, 0.6) is 0 Å². The minimum atomic E-state index is -0.0358. The Labute approximate surface area is 175 Å². The first-order chi connectivity index (χ1) is 12.9. The second kappa shape index (κ2) is 6.79. The largest absolute Gasteiger partial charge is 0.0856 e. The average molecular weight is 462 g/mol. The van der Waals surface area contributed by atoms with Crippen LogP contribution in [0, 0.1) is 0 Å². The summed E-state index contributed by atoms with van der Waals surface area (Å²) >= 11 is 2.30. The van der Waals surface area contributed by atoms with Gasteiger partial charge in [-0.1, -0.05) is 81.1 Å². The second-order valence-corrected chi connectivity index (χ2v) is 9.00. The summed E-state index contributed by atoms with van der Waals surface area (Å²) in [4.78, 5) is 0. The van der Waals surface area contributed by atoms with Crippen LogP contribution in [0.15, 0.2) is 88.5 Å². The molecule has 4 rings (SSSR count). The predicted molar refractivity (Wildman–Crippen MR) is 127 cm³/mol. The van der Waals surface area contributed by atoms with Crippen molar-refractivity contribution >= 4 is 38.9 Å². The normalized spacial score (nSPS) is 18.2. The van der Waals surface area contributed by atoms with Crippen molar-refractivity contribution in [3.8, 4) is 11.1 Å². The van der Waals surface area contributed by atoms with Crippen molar-refractivity contribution in [2.75, 3.05) is 0 Å². The number of rotatable bonds is 2. The van der Waals surface area contributed by atoms with Gasteiger partial charge in [-0.15, -0.1) is 0 Å². The number of halogens is 1. The van der Waals surface area contributed by atoms with Gasteiger partial charge in [0, 0.05) is 8.99 Å². The molecule has 3 aromatic rings. The van der Waals surface area contributed by atoms with Crippen LogP contribution in [-0.2, 0) is 5.41 Å². The third kappa shape index (κ3) is 2.98. The molecule has 1 aliphatic rings. The minimum Gasteiger partial charge on any atom is -0.0856 e. The molecule has 0 nitrogen and oxygen atoms in total. The lowest BCUT2D eigenvalue weighted by atomic mass is 9.81. The number of allylic oxidation sites excluding steroid dienone is 5. The lowest BCUT2D eigenvalue weighted by molar-refractivity contribution is 0.661. The first-order valence-electron chi connectivity index (χ1n) is 9.30. The SMILES string of the molecule is C=C(I)C=C1/C(=C\C)c2ccc(-c3cccc4ccccc34)cc2C1(C)C. The molecule has 0 radical (unpaired) electrons. The third-order valence-electron chi connectivity index (χ3n) is 5.64. The molecule has 0 saturated carbocycles. The molecule has 134 valence electrons. The zero-order chi connectivity index (χ0) is 19.2. The van der Waals surface area contributed by atoms with Crippen LogP contribution in [-0.4, -0.2) is 0 Å². The summed E-state index contributed by atoms with van der Waals surface area (Å²) in [5.41, 5.74) is 7.96. The smallest absolute Gasteiger partial charge is 0.0159 e. The van der Waals surface area contributed by atoms with E-state index in [1.54, 1.807) is 0 Å². The van der Waals surface area contributed by atoms with E-state index in [-0.39, 0.29) is 5.41 Å². The summed E-state index contributed by atoms with van der Waals surface area (Å²) in [5.74, 6) is 0. The Morgan fingerprint density at radius 1 is 0.963 bits per heavy atom. The first kappa shape index (κ1) is 18.2. The highest BCUT2D eigenvalue weighted by Gasteiger charge is 2.37. The molecule has 0 fully saturated rings. The molecule has 27 heavy (non-hydrogen) atoms. The van der Waals surface area contributed by atoms with Crippen molar-refractivity contribution in [2.24, 2.45) is 0 Å². The Morgan fingerprint density at radius 2 is 1.70 bits per heavy atom. The van der Waals surface area contributed by atoms with Gasteiger partial charge in [0.25, 0.3) is 0 Å². The molecule has 0 unspecified atom stereocenters. The molecule has 0 N–H and O–H groups in total. The first-order valence-corrected chi connectivity index (χ1v) is 10.4. The fraction of sp³-hybridized carbons (Fsp3) is 0.154. The number of hydrogen-bond acceptors (Lipinski definition) is 0. The van der Waals surface area contributed by atoms with Crippen LogP contribution >= 0.6 is 22.6 Å². The van der Waals surface area contributed by atoms with E-state index in [0.717, 1.165) is 3.58 Å². The zero-order valence-electron chi connectivity index (χ0n) is 16.0. The standard InChI is InChI=1S/C26H23I/c1-5-20-23-14-13-19(16-25(23)26(3,4)24(20)15-17(2)27)22-12-8-10-18-9-6-7-11-21(18)22/h5-16H,2H2,1,3-4H3/b20-5-,24-15?. The summed E-state index contributed by atoms with van der Waals surface area (Å²) in [6.45, 7) is 10.9. The van der Waals surface area contributed by atoms with E-state index in [4.69, 9.17) is 0 Å². The average Bonchev–Trinajstić information content (AvgIpc) is 2.87. The molecule has 1 aliphatic carbocycles. The molecular weight excluding hydrogens is 439 g/mol. The monoisotopic (exact) mass is 462 g/mol. The van der Waals surface area contributed by atoms with Crippen molar-refractivity contribution in [2.45, 2.75) is 26.2 Å². The molecule has 0 aromatic heterocycles. The van der Waals surface area contributed by atoms with Gasteiger partial charge in [0.2, 0.25) is 0 Å². The van der Waals surface area contributed by atoms with Crippen LogP contribution in [0.4, 0.5) is 0 Å². The van der Waals surface area contributed by atoms with Gasteiger partial charge in [0.15, 0.2) is 0 Å². The van der Waals surface area contributed by atoms with E-state index in [0.29, 0.717) is 0 Å². The number of hydrogen-bond donors (Lipinski definition) is 0. The van der Waals surface area contributed by atoms with Gasteiger partial charge >= 0.3 is 0 Å². The minimum absolute atomic E-state index is 0.0358. The Bertz CT molecular complexity index is 1120. The van der Waals surface area contributed by atoms with Crippen LogP contribution in [0.25, 0.3) is 27.5 Å². The molecule has 0 saturated heterocycles. The maximum absolute atomic E-state index is 4.10. The van der Waals surface area contributed by atoms with Crippen LogP contribution in [0.1, 0.15) is 31.9 Å². The highest BCUT2D eigenvalue weighted by Crippen LogP contribution is 2.51. The number of fused-ring (bicyclic) bond motifs is 2. The zero-order valence-corrected chi connectivity index (χ0v) is 18.2. The maximum Gasteiger partial charge on any atom is 0.0159 e. The van der Waals surface area contributed by atoms with Crippen molar-refractivity contribution < 1.29 is 0 Å². The summed E-state index contributed by atoms with van der Waals surface area (Å²) in [5, 5.41) is 2.59. The molecule has 0 spiro atoms. The predicted octanol–water partition coefficient (Wildman–Crippen LogP) is 8.08. The molecule has 3 aromatic carbocycles. The van der Waals surface area contributed by atoms with Gasteiger partial charge < -0.3 is 0 Å². The fourth-order valence-electron chi connectivity index (χ4n) is 4.29. The van der Waals surface area contributed by atoms with Gasteiger partial charge in [-0.05, 0) is 85.8 Å². The topological polar surface area (TPSA) is 0 Å². The third-order valence-corrected chi connectivity index (χ3v) is 5.95. The van der Waals surface area contributed by atoms with E-state index in [1.807, 2.05) is 0 Å². The molecule has 0 atom stereocenters. The number of benzene rings is 3. The Kier molecular flexibility index (Phi) is 4.59. The molecule has 0 aliphatic heterocycles. The molecule has 1 heteroatoms. The van der Waals surface area contributed by atoms with Crippen molar-refractivity contribution in [1.82, 2.24) is 0 Å². The molecular formula is C26H23I. The van der Waals surface area contributed by atoms with Crippen LogP contribution < -0.4 is 0 Å². The van der Waals surface area contributed by atoms with E-state index < -0.39 is 0 Å². The van der Waals surface area contributed by atoms with Crippen molar-refractivity contribution in [1.29, 1.82) is 0 Å². The van der Waals surface area contributed by atoms with Gasteiger partial charge in [0.05, 0.1) is 0 Å². The molecule has 0 heterocycles. The summed E-state index contributed by atoms with van der Waals surface area (Å²) in [6, 6.07) is 22.1. The van der Waals surface area contributed by atoms with Crippen LogP contribution in [0.2, 0.25) is 0 Å². The quantitative estimate of drug-likeness (QED) is 0.338. The van der Waals surface area contributed by atoms with E-state index >= 15 is 0 Å². The molecule has 0 amide bonds. The lowest BCUT2D eigenvalue weighted by Gasteiger charge is -2.22. The second-order valence-electron chi connectivity index (χ2n) is 7.62. The summed E-state index contributed by atoms with van der Waals surface area (Å²) < 4.78 is 1.07. The van der Waals surface area contributed by atoms with Gasteiger partial charge in [0.1, 0.15) is 0 Å². The van der Waals surface area contributed by atoms with E-state index in [9.17, 15) is 0 Å². The van der Waals surface area contributed by atoms with Gasteiger partial charge in [-0.2, -0.15) is 0 Å². The van der Waals surface area contributed by atoms with Gasteiger partial charge in [-0.3, -0.25) is 0 Å². The van der Waals surface area contributed by atoms with E-state index in [2.05, 4.69) is 123 Å². The van der Waals surface area contributed by atoms with Crippen molar-refractivity contribution in [3.05, 3.63) is 99.7 Å². The Morgan fingerprint density at radius 3 is 2.44 bits per heavy atom. The summed E-state index contributed by atoms with van der Waals surface area (Å²) in [6.07, 6.45) is 4.46. The molecule has 0 bridgehead atoms. The van der Waals surface area contributed by atoms with Crippen molar-refractivity contribution in [3.63, 3.8) is 0 Å². The highest BCUT2D eigenvalue weighted by atomic mass is 127. The highest BCUT2D eigenvalue weighted by molar-refractivity contribution is 14.1. The maximum atomic E-state index is 4.10. The lowest BCUT2D eigenvalue weighted by Crippen LogP contribution is -2.15. The van der Waals surface area contributed by atoms with Crippen LogP contribution in [0.3, 0.4) is 0 Å². The van der Waals surface area contributed by atoms with Gasteiger partial charge in [-0.25, -0.2) is 0 Å². The summed E-state index contributed by atoms with van der Waals surface area (Å²) in [7, 11) is 0. The Hall–Kier alpha value is -2.13. The fourth-order valence-corrected chi connectivity index (χ4v) is 4.60.